The standard InChI is InChI=1S/C24H19ClN2O4/c1-30-21-9-6-15(25)11-19(21)27-13-14(10-23(27)28)24(29)26-16-7-8-18-17-4-2-3-5-20(17)31-22(18)12-16/h2-9,11-12,14H,10,13H2,1H3,(H,26,29)/t14-/m0/s1. The fraction of sp³-hybridized carbons (Fsp3) is 0.167. The number of para-hydroxylation sites is 1. The lowest BCUT2D eigenvalue weighted by Gasteiger charge is -2.19. The zero-order valence-corrected chi connectivity index (χ0v) is 17.5. The molecule has 1 atom stereocenters. The van der Waals surface area contributed by atoms with Crippen LogP contribution < -0.4 is 15.0 Å². The van der Waals surface area contributed by atoms with Crippen LogP contribution in [-0.4, -0.2) is 25.5 Å². The molecular formula is C24H19ClN2O4. The molecular weight excluding hydrogens is 416 g/mol. The number of hydrogen-bond acceptors (Lipinski definition) is 4. The number of anilines is 2. The number of halogens is 1. The highest BCUT2D eigenvalue weighted by Gasteiger charge is 2.36. The number of methoxy groups -OCH3 is 1. The Kier molecular flexibility index (Phi) is 4.79. The monoisotopic (exact) mass is 434 g/mol. The van der Waals surface area contributed by atoms with E-state index >= 15 is 0 Å². The molecule has 0 bridgehead atoms. The van der Waals surface area contributed by atoms with Gasteiger partial charge in [0.25, 0.3) is 0 Å². The molecule has 156 valence electrons. The molecule has 7 heteroatoms. The molecule has 1 saturated heterocycles. The second-order valence-electron chi connectivity index (χ2n) is 7.52. The maximum Gasteiger partial charge on any atom is 0.229 e. The molecule has 1 aliphatic rings. The van der Waals surface area contributed by atoms with Crippen molar-refractivity contribution in [2.45, 2.75) is 6.42 Å². The number of benzene rings is 3. The van der Waals surface area contributed by atoms with E-state index in [-0.39, 0.29) is 24.8 Å². The number of fused-ring (bicyclic) bond motifs is 3. The van der Waals surface area contributed by atoms with Crippen molar-refractivity contribution in [2.24, 2.45) is 5.92 Å². The molecule has 2 amide bonds. The average Bonchev–Trinajstić information content (AvgIpc) is 3.33. The van der Waals surface area contributed by atoms with Crippen molar-refractivity contribution < 1.29 is 18.7 Å². The van der Waals surface area contributed by atoms with Crippen molar-refractivity contribution in [1.82, 2.24) is 0 Å². The minimum Gasteiger partial charge on any atom is -0.495 e. The van der Waals surface area contributed by atoms with Crippen LogP contribution in [0.4, 0.5) is 11.4 Å². The van der Waals surface area contributed by atoms with Gasteiger partial charge < -0.3 is 19.4 Å². The molecule has 4 aromatic rings. The lowest BCUT2D eigenvalue weighted by molar-refractivity contribution is -0.122. The molecule has 5 rings (SSSR count). The minimum atomic E-state index is -0.484. The fourth-order valence-electron chi connectivity index (χ4n) is 4.04. The molecule has 0 radical (unpaired) electrons. The van der Waals surface area contributed by atoms with Crippen molar-refractivity contribution in [3.8, 4) is 5.75 Å². The van der Waals surface area contributed by atoms with Gasteiger partial charge in [-0.05, 0) is 36.4 Å². The van der Waals surface area contributed by atoms with Crippen LogP contribution in [0.25, 0.3) is 21.9 Å². The van der Waals surface area contributed by atoms with Gasteiger partial charge >= 0.3 is 0 Å². The zero-order chi connectivity index (χ0) is 21.5. The fourth-order valence-corrected chi connectivity index (χ4v) is 4.20. The smallest absolute Gasteiger partial charge is 0.229 e. The maximum absolute atomic E-state index is 12.9. The van der Waals surface area contributed by atoms with Crippen molar-refractivity contribution >= 4 is 56.7 Å². The zero-order valence-electron chi connectivity index (χ0n) is 16.7. The van der Waals surface area contributed by atoms with Gasteiger partial charge in [-0.2, -0.15) is 0 Å². The summed E-state index contributed by atoms with van der Waals surface area (Å²) in [5.41, 5.74) is 2.70. The first-order valence-corrected chi connectivity index (χ1v) is 10.3. The third-order valence-electron chi connectivity index (χ3n) is 5.57. The van der Waals surface area contributed by atoms with Gasteiger partial charge in [0.05, 0.1) is 18.7 Å². The van der Waals surface area contributed by atoms with Crippen molar-refractivity contribution in [1.29, 1.82) is 0 Å². The summed E-state index contributed by atoms with van der Waals surface area (Å²) in [4.78, 5) is 27.1. The second kappa shape index (κ2) is 7.63. The summed E-state index contributed by atoms with van der Waals surface area (Å²) >= 11 is 6.10. The number of nitrogens with one attached hydrogen (secondary N) is 1. The number of carbonyl (C=O) groups is 2. The van der Waals surface area contributed by atoms with Gasteiger partial charge in [-0.3, -0.25) is 9.59 Å². The Labute approximate surface area is 183 Å². The predicted octanol–water partition coefficient (Wildman–Crippen LogP) is 5.24. The summed E-state index contributed by atoms with van der Waals surface area (Å²) in [6.07, 6.45) is 0.119. The molecule has 1 N–H and O–H groups in total. The molecule has 2 heterocycles. The van der Waals surface area contributed by atoms with Gasteiger partial charge in [-0.1, -0.05) is 29.8 Å². The summed E-state index contributed by atoms with van der Waals surface area (Å²) in [6.45, 7) is 0.258. The van der Waals surface area contributed by atoms with Crippen LogP contribution in [0.5, 0.6) is 5.75 Å². The molecule has 0 unspecified atom stereocenters. The van der Waals surface area contributed by atoms with E-state index in [1.165, 1.54) is 7.11 Å². The van der Waals surface area contributed by atoms with Crippen LogP contribution in [0.15, 0.2) is 65.1 Å². The van der Waals surface area contributed by atoms with Crippen molar-refractivity contribution in [3.63, 3.8) is 0 Å². The Bertz CT molecular complexity index is 1330. The van der Waals surface area contributed by atoms with E-state index in [9.17, 15) is 9.59 Å². The maximum atomic E-state index is 12.9. The van der Waals surface area contributed by atoms with Crippen molar-refractivity contribution in [2.75, 3.05) is 23.9 Å². The van der Waals surface area contributed by atoms with E-state index in [2.05, 4.69) is 5.32 Å². The van der Waals surface area contributed by atoms with E-state index in [4.69, 9.17) is 20.8 Å². The lowest BCUT2D eigenvalue weighted by Crippen LogP contribution is -2.28. The summed E-state index contributed by atoms with van der Waals surface area (Å²) in [7, 11) is 1.53. The molecule has 6 nitrogen and oxygen atoms in total. The van der Waals surface area contributed by atoms with Crippen LogP contribution >= 0.6 is 11.6 Å². The number of amides is 2. The third kappa shape index (κ3) is 3.49. The summed E-state index contributed by atoms with van der Waals surface area (Å²) in [5, 5.41) is 5.43. The first-order valence-electron chi connectivity index (χ1n) is 9.89. The molecule has 1 fully saturated rings. The molecule has 1 aromatic heterocycles. The molecule has 31 heavy (non-hydrogen) atoms. The minimum absolute atomic E-state index is 0.119. The summed E-state index contributed by atoms with van der Waals surface area (Å²) < 4.78 is 11.2. The molecule has 0 saturated carbocycles. The van der Waals surface area contributed by atoms with Crippen LogP contribution in [0.2, 0.25) is 5.02 Å². The first-order chi connectivity index (χ1) is 15.0. The van der Waals surface area contributed by atoms with E-state index in [1.54, 1.807) is 23.1 Å². The van der Waals surface area contributed by atoms with Gasteiger partial charge in [0, 0.05) is 40.5 Å². The van der Waals surface area contributed by atoms with Gasteiger partial charge in [0.2, 0.25) is 11.8 Å². The van der Waals surface area contributed by atoms with Gasteiger partial charge in [-0.15, -0.1) is 0 Å². The van der Waals surface area contributed by atoms with Crippen molar-refractivity contribution in [3.05, 3.63) is 65.7 Å². The van der Waals surface area contributed by atoms with E-state index in [1.807, 2.05) is 42.5 Å². The van der Waals surface area contributed by atoms with Crippen LogP contribution in [0, 0.1) is 5.92 Å². The molecule has 0 spiro atoms. The Morgan fingerprint density at radius 1 is 1.10 bits per heavy atom. The SMILES string of the molecule is COc1ccc(Cl)cc1N1C[C@@H](C(=O)Nc2ccc3c(c2)oc2ccccc23)CC1=O. The molecule has 1 aliphatic heterocycles. The van der Waals surface area contributed by atoms with Gasteiger partial charge in [0.1, 0.15) is 16.9 Å². The van der Waals surface area contributed by atoms with Crippen LogP contribution in [0.1, 0.15) is 6.42 Å². The summed E-state index contributed by atoms with van der Waals surface area (Å²) in [5.74, 6) is -0.308. The molecule has 0 aliphatic carbocycles. The van der Waals surface area contributed by atoms with Crippen LogP contribution in [0.3, 0.4) is 0 Å². The highest BCUT2D eigenvalue weighted by atomic mass is 35.5. The van der Waals surface area contributed by atoms with Gasteiger partial charge in [-0.25, -0.2) is 0 Å². The van der Waals surface area contributed by atoms with Gasteiger partial charge in [0.15, 0.2) is 0 Å². The number of furan rings is 1. The normalized spacial score (nSPS) is 16.3. The topological polar surface area (TPSA) is 71.8 Å². The largest absolute Gasteiger partial charge is 0.495 e. The quantitative estimate of drug-likeness (QED) is 0.476. The second-order valence-corrected chi connectivity index (χ2v) is 7.96. The number of carbonyl (C=O) groups excluding carboxylic acids is 2. The van der Waals surface area contributed by atoms with E-state index < -0.39 is 5.92 Å². The number of hydrogen-bond donors (Lipinski definition) is 1. The Morgan fingerprint density at radius 3 is 2.74 bits per heavy atom. The average molecular weight is 435 g/mol. The Balaban J connectivity index is 1.36. The molecule has 3 aromatic carbocycles. The highest BCUT2D eigenvalue weighted by molar-refractivity contribution is 6.31. The Morgan fingerprint density at radius 2 is 1.90 bits per heavy atom. The number of nitrogens with zero attached hydrogens (tertiary/aromatic N) is 1. The van der Waals surface area contributed by atoms with E-state index in [0.717, 1.165) is 16.4 Å². The summed E-state index contributed by atoms with van der Waals surface area (Å²) in [6, 6.07) is 18.5. The highest BCUT2D eigenvalue weighted by Crippen LogP contribution is 2.36. The lowest BCUT2D eigenvalue weighted by atomic mass is 10.1. The van der Waals surface area contributed by atoms with Crippen LogP contribution in [-0.2, 0) is 9.59 Å². The van der Waals surface area contributed by atoms with E-state index in [0.29, 0.717) is 27.7 Å². The first kappa shape index (κ1) is 19.5. The number of ether oxygens (including phenoxy) is 1. The third-order valence-corrected chi connectivity index (χ3v) is 5.81. The Hall–Kier alpha value is -3.51. The number of rotatable bonds is 4. The predicted molar refractivity (Wildman–Crippen MR) is 121 cm³/mol.